The minimum atomic E-state index is -0.299. The summed E-state index contributed by atoms with van der Waals surface area (Å²) in [5.41, 5.74) is 0. The molecule has 0 saturated carbocycles. The van der Waals surface area contributed by atoms with Crippen LogP contribution in [0.4, 0.5) is 0 Å². The molecule has 0 atom stereocenters. The van der Waals surface area contributed by atoms with E-state index in [1.54, 1.807) is 24.3 Å². The summed E-state index contributed by atoms with van der Waals surface area (Å²) in [6, 6.07) is 6.57. The summed E-state index contributed by atoms with van der Waals surface area (Å²) in [5, 5.41) is 12.0. The van der Waals surface area contributed by atoms with Crippen LogP contribution in [0.15, 0.2) is 29.2 Å². The van der Waals surface area contributed by atoms with Crippen molar-refractivity contribution in [2.45, 2.75) is 11.3 Å². The van der Waals surface area contributed by atoms with Gasteiger partial charge in [0.1, 0.15) is 5.75 Å². The van der Waals surface area contributed by atoms with E-state index in [4.69, 9.17) is 9.99 Å². The number of rotatable bonds is 6. The quantitative estimate of drug-likeness (QED) is 0.218. The molecule has 0 spiro atoms. The van der Waals surface area contributed by atoms with Gasteiger partial charge in [-0.3, -0.25) is 4.79 Å². The highest BCUT2D eigenvalue weighted by molar-refractivity contribution is 9.09. The lowest BCUT2D eigenvalue weighted by atomic mass is 10.3. The molecule has 88 valence electrons. The monoisotopic (exact) mass is 308 g/mol. The molecule has 1 aromatic carbocycles. The highest BCUT2D eigenvalue weighted by atomic mass is 79.9. The Hall–Kier alpha value is -0.600. The van der Waals surface area contributed by atoms with E-state index in [2.05, 4.69) is 25.3 Å². The van der Waals surface area contributed by atoms with Gasteiger partial charge in [-0.2, -0.15) is 0 Å². The van der Waals surface area contributed by atoms with Gasteiger partial charge in [0.05, 0.1) is 18.5 Å². The summed E-state index contributed by atoms with van der Waals surface area (Å²) in [6.45, 7) is 0. The van der Waals surface area contributed by atoms with E-state index in [9.17, 15) is 4.79 Å². The Labute approximate surface area is 105 Å². The van der Waals surface area contributed by atoms with Crippen LogP contribution < -0.4 is 4.74 Å². The molecular weight excluding hydrogens is 300 g/mol. The van der Waals surface area contributed by atoms with Crippen LogP contribution in [0.3, 0.4) is 0 Å². The molecule has 0 amide bonds. The first kappa shape index (κ1) is 13.5. The fourth-order valence-electron chi connectivity index (χ4n) is 0.877. The Balaban J connectivity index is 2.47. The van der Waals surface area contributed by atoms with Crippen molar-refractivity contribution in [2.75, 3.05) is 5.33 Å². The second-order valence-corrected chi connectivity index (χ2v) is 4.18. The third-order valence-corrected chi connectivity index (χ3v) is 2.50. The summed E-state index contributed by atoms with van der Waals surface area (Å²) in [6.07, 6.45) is 0.317. The Morgan fingerprint density at radius 3 is 2.62 bits per heavy atom. The topological polar surface area (TPSA) is 65.0 Å². The Bertz CT molecular complexity index is 329. The van der Waals surface area contributed by atoms with Crippen LogP contribution in [0.25, 0.3) is 0 Å². The van der Waals surface area contributed by atoms with Gasteiger partial charge in [0.2, 0.25) is 0 Å². The maximum Gasteiger partial charge on any atom is 0.312 e. The van der Waals surface area contributed by atoms with Crippen molar-refractivity contribution in [3.63, 3.8) is 0 Å². The SMILES string of the molecule is O=C(CCBr)Oc1ccc(SOOO)cc1. The molecule has 0 aliphatic rings. The van der Waals surface area contributed by atoms with E-state index in [1.807, 2.05) is 0 Å². The number of halogens is 1. The maximum atomic E-state index is 11.1. The van der Waals surface area contributed by atoms with Crippen molar-refractivity contribution in [3.8, 4) is 5.75 Å². The van der Waals surface area contributed by atoms with Crippen LogP contribution in [-0.4, -0.2) is 16.6 Å². The van der Waals surface area contributed by atoms with E-state index in [0.29, 0.717) is 22.4 Å². The van der Waals surface area contributed by atoms with Gasteiger partial charge in [0.15, 0.2) is 0 Å². The van der Waals surface area contributed by atoms with Crippen LogP contribution in [0.2, 0.25) is 0 Å². The van der Waals surface area contributed by atoms with Gasteiger partial charge in [0, 0.05) is 10.2 Å². The predicted molar refractivity (Wildman–Crippen MR) is 61.1 cm³/mol. The standard InChI is InChI=1S/C9H9BrO5S/c10-6-5-9(11)13-7-1-3-8(4-2-7)16-15-14-12/h1-4,12H,5-6H2. The van der Waals surface area contributed by atoms with Crippen molar-refractivity contribution < 1.29 is 24.2 Å². The smallest absolute Gasteiger partial charge is 0.312 e. The third kappa shape index (κ3) is 4.95. The average Bonchev–Trinajstić information content (AvgIpc) is 2.28. The molecule has 0 heterocycles. The van der Waals surface area contributed by atoms with Crippen LogP contribution in [0.5, 0.6) is 5.75 Å². The molecule has 0 aromatic heterocycles. The molecule has 0 saturated heterocycles. The lowest BCUT2D eigenvalue weighted by Gasteiger charge is -2.03. The third-order valence-electron chi connectivity index (χ3n) is 1.51. The average molecular weight is 309 g/mol. The van der Waals surface area contributed by atoms with Gasteiger partial charge in [-0.15, -0.1) is 4.33 Å². The van der Waals surface area contributed by atoms with Crippen molar-refractivity contribution in [1.82, 2.24) is 0 Å². The van der Waals surface area contributed by atoms with E-state index < -0.39 is 0 Å². The first-order valence-corrected chi connectivity index (χ1v) is 6.14. The molecule has 0 radical (unpaired) electrons. The number of carbonyl (C=O) groups excluding carboxylic acids is 1. The normalized spacial score (nSPS) is 10.1. The van der Waals surface area contributed by atoms with Crippen LogP contribution in [0.1, 0.15) is 6.42 Å². The number of carbonyl (C=O) groups is 1. The molecule has 16 heavy (non-hydrogen) atoms. The minimum Gasteiger partial charge on any atom is -0.427 e. The lowest BCUT2D eigenvalue weighted by molar-refractivity contribution is -0.432. The van der Waals surface area contributed by atoms with Crippen molar-refractivity contribution in [3.05, 3.63) is 24.3 Å². The second kappa shape index (κ2) is 7.64. The zero-order valence-electron chi connectivity index (χ0n) is 8.09. The van der Waals surface area contributed by atoms with Gasteiger partial charge < -0.3 is 4.74 Å². The van der Waals surface area contributed by atoms with E-state index >= 15 is 0 Å². The molecular formula is C9H9BrO5S. The molecule has 1 N–H and O–H groups in total. The Kier molecular flexibility index (Phi) is 6.43. The van der Waals surface area contributed by atoms with E-state index in [1.165, 1.54) is 0 Å². The van der Waals surface area contributed by atoms with Gasteiger partial charge in [-0.05, 0) is 24.3 Å². The number of ether oxygens (including phenoxy) is 1. The molecule has 0 unspecified atom stereocenters. The molecule has 1 aromatic rings. The number of alkyl halides is 1. The lowest BCUT2D eigenvalue weighted by Crippen LogP contribution is -2.07. The summed E-state index contributed by atoms with van der Waals surface area (Å²) in [4.78, 5) is 11.8. The molecule has 0 bridgehead atoms. The molecule has 0 fully saturated rings. The highest BCUT2D eigenvalue weighted by Gasteiger charge is 2.03. The summed E-state index contributed by atoms with van der Waals surface area (Å²) >= 11 is 3.98. The predicted octanol–water partition coefficient (Wildman–Crippen LogP) is 2.81. The fourth-order valence-corrected chi connectivity index (χ4v) is 1.56. The zero-order valence-corrected chi connectivity index (χ0v) is 10.5. The van der Waals surface area contributed by atoms with Gasteiger partial charge in [-0.1, -0.05) is 21.0 Å². The Morgan fingerprint density at radius 1 is 1.38 bits per heavy atom. The first-order chi connectivity index (χ1) is 7.76. The molecule has 0 aliphatic carbocycles. The minimum absolute atomic E-state index is 0.299. The van der Waals surface area contributed by atoms with Crippen molar-refractivity contribution >= 4 is 33.9 Å². The van der Waals surface area contributed by atoms with E-state index in [-0.39, 0.29) is 5.97 Å². The van der Waals surface area contributed by atoms with Gasteiger partial charge in [-0.25, -0.2) is 5.26 Å². The number of benzene rings is 1. The van der Waals surface area contributed by atoms with Gasteiger partial charge in [0.25, 0.3) is 0 Å². The largest absolute Gasteiger partial charge is 0.427 e. The summed E-state index contributed by atoms with van der Waals surface area (Å²) in [5.74, 6) is 0.160. The van der Waals surface area contributed by atoms with Gasteiger partial charge >= 0.3 is 5.97 Å². The zero-order chi connectivity index (χ0) is 11.8. The van der Waals surface area contributed by atoms with E-state index in [0.717, 1.165) is 12.0 Å². The Morgan fingerprint density at radius 2 is 2.06 bits per heavy atom. The fraction of sp³-hybridized carbons (Fsp3) is 0.222. The molecule has 1 rings (SSSR count). The molecule has 5 nitrogen and oxygen atoms in total. The van der Waals surface area contributed by atoms with Crippen molar-refractivity contribution in [2.24, 2.45) is 0 Å². The molecule has 7 heteroatoms. The van der Waals surface area contributed by atoms with Crippen LogP contribution in [-0.2, 0) is 14.2 Å². The van der Waals surface area contributed by atoms with Crippen LogP contribution >= 0.6 is 28.0 Å². The first-order valence-electron chi connectivity index (χ1n) is 4.27. The summed E-state index contributed by atoms with van der Waals surface area (Å²) < 4.78 is 9.25. The van der Waals surface area contributed by atoms with Crippen LogP contribution in [0, 0.1) is 0 Å². The van der Waals surface area contributed by atoms with Crippen molar-refractivity contribution in [1.29, 1.82) is 0 Å². The number of hydrogen-bond acceptors (Lipinski definition) is 6. The molecule has 0 aliphatic heterocycles. The second-order valence-electron chi connectivity index (χ2n) is 2.61. The number of hydrogen-bond donors (Lipinski definition) is 1. The number of esters is 1. The maximum absolute atomic E-state index is 11.1. The summed E-state index contributed by atoms with van der Waals surface area (Å²) in [7, 11) is 0. The highest BCUT2D eigenvalue weighted by Crippen LogP contribution is 2.22.